The molecule has 3 nitrogen and oxygen atoms in total. The second-order valence-corrected chi connectivity index (χ2v) is 5.20. The third-order valence-corrected chi connectivity index (χ3v) is 3.80. The van der Waals surface area contributed by atoms with Gasteiger partial charge in [0.15, 0.2) is 0 Å². The number of nitriles is 1. The predicted molar refractivity (Wildman–Crippen MR) is 67.3 cm³/mol. The van der Waals surface area contributed by atoms with Crippen molar-refractivity contribution in [1.82, 2.24) is 4.90 Å². The first-order valence-electron chi connectivity index (χ1n) is 5.97. The lowest BCUT2D eigenvalue weighted by molar-refractivity contribution is -0.135. The Morgan fingerprint density at radius 1 is 1.71 bits per heavy atom. The van der Waals surface area contributed by atoms with Crippen molar-refractivity contribution in [3.05, 3.63) is 22.4 Å². The fourth-order valence-corrected chi connectivity index (χ4v) is 2.53. The van der Waals surface area contributed by atoms with Crippen LogP contribution in [0.1, 0.15) is 31.7 Å². The lowest BCUT2D eigenvalue weighted by Gasteiger charge is -2.23. The summed E-state index contributed by atoms with van der Waals surface area (Å²) >= 11 is 1.64. The maximum absolute atomic E-state index is 12.2. The van der Waals surface area contributed by atoms with Crippen molar-refractivity contribution in [3.63, 3.8) is 0 Å². The van der Waals surface area contributed by atoms with Crippen molar-refractivity contribution in [2.24, 2.45) is 5.92 Å². The summed E-state index contributed by atoms with van der Waals surface area (Å²) in [5.41, 5.74) is 1.17. The Labute approximate surface area is 106 Å². The van der Waals surface area contributed by atoms with E-state index in [1.165, 1.54) is 5.56 Å². The van der Waals surface area contributed by atoms with E-state index in [1.807, 2.05) is 23.3 Å². The molecule has 0 aliphatic heterocycles. The molecule has 0 N–H and O–H groups in total. The largest absolute Gasteiger partial charge is 0.334 e. The van der Waals surface area contributed by atoms with Gasteiger partial charge in [-0.2, -0.15) is 16.6 Å². The van der Waals surface area contributed by atoms with Crippen molar-refractivity contribution >= 4 is 17.2 Å². The van der Waals surface area contributed by atoms with Gasteiger partial charge in [-0.15, -0.1) is 0 Å². The van der Waals surface area contributed by atoms with Gasteiger partial charge < -0.3 is 4.90 Å². The summed E-state index contributed by atoms with van der Waals surface area (Å²) in [4.78, 5) is 14.1. The highest BCUT2D eigenvalue weighted by Gasteiger charge is 2.35. The Balaban J connectivity index is 2.07. The molecular weight excluding hydrogens is 232 g/mol. The van der Waals surface area contributed by atoms with Crippen molar-refractivity contribution in [3.8, 4) is 6.07 Å². The zero-order valence-corrected chi connectivity index (χ0v) is 10.7. The molecule has 0 spiro atoms. The lowest BCUT2D eigenvalue weighted by atomic mass is 10.1. The maximum Gasteiger partial charge on any atom is 0.240 e. The van der Waals surface area contributed by atoms with Gasteiger partial charge in [0.05, 0.1) is 6.07 Å². The first-order chi connectivity index (χ1) is 8.26. The number of amides is 1. The van der Waals surface area contributed by atoms with Crippen LogP contribution >= 0.6 is 11.3 Å². The van der Waals surface area contributed by atoms with Crippen molar-refractivity contribution in [1.29, 1.82) is 5.26 Å². The minimum atomic E-state index is -0.478. The highest BCUT2D eigenvalue weighted by Crippen LogP contribution is 2.30. The monoisotopic (exact) mass is 248 g/mol. The van der Waals surface area contributed by atoms with E-state index in [-0.39, 0.29) is 5.91 Å². The fraction of sp³-hybridized carbons (Fsp3) is 0.538. The standard InChI is InChI=1S/C13H16N2OS/c1-2-11(7-14)13(16)15(12-3-4-12)8-10-5-6-17-9-10/h5-6,9,11-12H,2-4,8H2,1H3. The van der Waals surface area contributed by atoms with Crippen molar-refractivity contribution < 1.29 is 4.79 Å². The molecule has 1 aromatic rings. The molecule has 4 heteroatoms. The molecule has 1 heterocycles. The van der Waals surface area contributed by atoms with E-state index in [4.69, 9.17) is 5.26 Å². The van der Waals surface area contributed by atoms with Crippen LogP contribution in [0.2, 0.25) is 0 Å². The van der Waals surface area contributed by atoms with Gasteiger partial charge in [-0.3, -0.25) is 4.79 Å². The fourth-order valence-electron chi connectivity index (χ4n) is 1.87. The Hall–Kier alpha value is -1.34. The highest BCUT2D eigenvalue weighted by molar-refractivity contribution is 7.07. The smallest absolute Gasteiger partial charge is 0.240 e. The number of carbonyl (C=O) groups is 1. The zero-order valence-electron chi connectivity index (χ0n) is 9.93. The molecule has 0 bridgehead atoms. The third-order valence-electron chi connectivity index (χ3n) is 3.07. The van der Waals surface area contributed by atoms with Gasteiger partial charge in [0, 0.05) is 12.6 Å². The Morgan fingerprint density at radius 2 is 2.47 bits per heavy atom. The summed E-state index contributed by atoms with van der Waals surface area (Å²) in [5.74, 6) is -0.474. The van der Waals surface area contributed by atoms with Crippen LogP contribution in [0.15, 0.2) is 16.8 Å². The van der Waals surface area contributed by atoms with E-state index >= 15 is 0 Å². The normalized spacial score (nSPS) is 16.2. The van der Waals surface area contributed by atoms with Crippen molar-refractivity contribution in [2.75, 3.05) is 0 Å². The molecule has 1 aliphatic rings. The number of rotatable bonds is 5. The number of carbonyl (C=O) groups excluding carboxylic acids is 1. The van der Waals surface area contributed by atoms with Crippen LogP contribution in [-0.2, 0) is 11.3 Å². The molecule has 1 unspecified atom stereocenters. The second-order valence-electron chi connectivity index (χ2n) is 4.42. The van der Waals surface area contributed by atoms with Gasteiger partial charge in [-0.05, 0) is 41.7 Å². The Morgan fingerprint density at radius 3 is 2.94 bits per heavy atom. The zero-order chi connectivity index (χ0) is 12.3. The van der Waals surface area contributed by atoms with Crippen molar-refractivity contribution in [2.45, 2.75) is 38.8 Å². The summed E-state index contributed by atoms with van der Waals surface area (Å²) in [5, 5.41) is 13.1. The Bertz CT molecular complexity index is 417. The quantitative estimate of drug-likeness (QED) is 0.804. The molecule has 0 aromatic carbocycles. The average Bonchev–Trinajstić information content (AvgIpc) is 3.05. The molecule has 1 aliphatic carbocycles. The minimum Gasteiger partial charge on any atom is -0.334 e. The predicted octanol–water partition coefficient (Wildman–Crippen LogP) is 2.79. The highest BCUT2D eigenvalue weighted by atomic mass is 32.1. The van der Waals surface area contributed by atoms with Gasteiger partial charge in [-0.1, -0.05) is 6.92 Å². The SMILES string of the molecule is CCC(C#N)C(=O)N(Cc1ccsc1)C1CC1. The summed E-state index contributed by atoms with van der Waals surface area (Å²) in [7, 11) is 0. The van der Waals surface area contributed by atoms with E-state index in [2.05, 4.69) is 11.4 Å². The van der Waals surface area contributed by atoms with Crippen LogP contribution in [-0.4, -0.2) is 16.8 Å². The van der Waals surface area contributed by atoms with Crippen LogP contribution in [0.25, 0.3) is 0 Å². The van der Waals surface area contributed by atoms with E-state index in [0.717, 1.165) is 12.8 Å². The molecule has 17 heavy (non-hydrogen) atoms. The van der Waals surface area contributed by atoms with Gasteiger partial charge in [0.1, 0.15) is 5.92 Å². The van der Waals surface area contributed by atoms with Crippen LogP contribution < -0.4 is 0 Å². The number of hydrogen-bond donors (Lipinski definition) is 0. The van der Waals surface area contributed by atoms with Gasteiger partial charge >= 0.3 is 0 Å². The lowest BCUT2D eigenvalue weighted by Crippen LogP contribution is -2.36. The summed E-state index contributed by atoms with van der Waals surface area (Å²) < 4.78 is 0. The molecule has 1 atom stereocenters. The van der Waals surface area contributed by atoms with Gasteiger partial charge in [0.25, 0.3) is 0 Å². The summed E-state index contributed by atoms with van der Waals surface area (Å²) in [6.45, 7) is 2.55. The third kappa shape index (κ3) is 2.86. The van der Waals surface area contributed by atoms with Crippen LogP contribution in [0.3, 0.4) is 0 Å². The Kier molecular flexibility index (Phi) is 3.80. The first-order valence-corrected chi connectivity index (χ1v) is 6.91. The van der Waals surface area contributed by atoms with Gasteiger partial charge in [-0.25, -0.2) is 0 Å². The average molecular weight is 248 g/mol. The minimum absolute atomic E-state index is 0.00343. The topological polar surface area (TPSA) is 44.1 Å². The van der Waals surface area contributed by atoms with Crippen LogP contribution in [0, 0.1) is 17.2 Å². The first kappa shape index (κ1) is 12.1. The number of hydrogen-bond acceptors (Lipinski definition) is 3. The summed E-state index contributed by atoms with van der Waals surface area (Å²) in [6, 6.07) is 4.51. The van der Waals surface area contributed by atoms with E-state index in [9.17, 15) is 4.79 Å². The van der Waals surface area contributed by atoms with E-state index in [1.54, 1.807) is 11.3 Å². The molecule has 0 saturated heterocycles. The molecule has 1 fully saturated rings. The summed E-state index contributed by atoms with van der Waals surface area (Å²) in [6.07, 6.45) is 2.76. The molecule has 90 valence electrons. The number of thiophene rings is 1. The van der Waals surface area contributed by atoms with E-state index in [0.29, 0.717) is 19.0 Å². The van der Waals surface area contributed by atoms with Gasteiger partial charge in [0.2, 0.25) is 5.91 Å². The van der Waals surface area contributed by atoms with E-state index < -0.39 is 5.92 Å². The maximum atomic E-state index is 12.2. The molecular formula is C13H16N2OS. The molecule has 1 amide bonds. The second kappa shape index (κ2) is 5.33. The van der Waals surface area contributed by atoms with Crippen LogP contribution in [0.4, 0.5) is 0 Å². The molecule has 2 rings (SSSR count). The molecule has 1 aromatic heterocycles. The number of nitrogens with zero attached hydrogens (tertiary/aromatic N) is 2. The molecule has 0 radical (unpaired) electrons. The molecule has 1 saturated carbocycles. The van der Waals surface area contributed by atoms with Crippen LogP contribution in [0.5, 0.6) is 0 Å².